The van der Waals surface area contributed by atoms with Crippen molar-refractivity contribution in [3.05, 3.63) is 23.8 Å². The number of benzene rings is 1. The quantitative estimate of drug-likeness (QED) is 0.593. The van der Waals surface area contributed by atoms with Gasteiger partial charge in [0.1, 0.15) is 0 Å². The Morgan fingerprint density at radius 1 is 1.44 bits per heavy atom. The van der Waals surface area contributed by atoms with Crippen LogP contribution in [0.25, 0.3) is 0 Å². The average molecular weight is 244 g/mol. The molecule has 0 atom stereocenters. The molecule has 0 aliphatic heterocycles. The fraction of sp³-hybridized carbons (Fsp3) is 0.222. The normalized spacial score (nSPS) is 10.9. The summed E-state index contributed by atoms with van der Waals surface area (Å²) in [6.07, 6.45) is 1.03. The molecule has 0 aliphatic carbocycles. The Hall–Kier alpha value is -1.76. The third-order valence-corrected chi connectivity index (χ3v) is 2.37. The molecule has 0 bridgehead atoms. The monoisotopic (exact) mass is 244 g/mol. The Morgan fingerprint density at radius 2 is 2.06 bits per heavy atom. The maximum absolute atomic E-state index is 11.2. The summed E-state index contributed by atoms with van der Waals surface area (Å²) in [6.45, 7) is 0. The molecule has 1 aromatic carbocycles. The number of ether oxygens (including phenoxy) is 1. The lowest BCUT2D eigenvalue weighted by Gasteiger charge is -2.07. The Bertz CT molecular complexity index is 510. The SMILES string of the molecule is COC(=O)c1ccc(NS(C)(=O)=O)cc1N. The van der Waals surface area contributed by atoms with E-state index in [9.17, 15) is 13.2 Å². The first-order chi connectivity index (χ1) is 7.33. The van der Waals surface area contributed by atoms with Crippen LogP contribution >= 0.6 is 0 Å². The van der Waals surface area contributed by atoms with Crippen molar-refractivity contribution in [1.29, 1.82) is 0 Å². The highest BCUT2D eigenvalue weighted by atomic mass is 32.2. The van der Waals surface area contributed by atoms with Crippen LogP contribution in [-0.4, -0.2) is 27.8 Å². The molecule has 88 valence electrons. The van der Waals surface area contributed by atoms with Gasteiger partial charge in [-0.3, -0.25) is 4.72 Å². The summed E-state index contributed by atoms with van der Waals surface area (Å²) in [5, 5.41) is 0. The van der Waals surface area contributed by atoms with Crippen LogP contribution in [0.2, 0.25) is 0 Å². The fourth-order valence-corrected chi connectivity index (χ4v) is 1.69. The van der Waals surface area contributed by atoms with E-state index >= 15 is 0 Å². The topological polar surface area (TPSA) is 98.5 Å². The summed E-state index contributed by atoms with van der Waals surface area (Å²) in [4.78, 5) is 11.2. The van der Waals surface area contributed by atoms with Gasteiger partial charge < -0.3 is 10.5 Å². The van der Waals surface area contributed by atoms with Gasteiger partial charge in [-0.2, -0.15) is 0 Å². The van der Waals surface area contributed by atoms with Crippen molar-refractivity contribution in [3.63, 3.8) is 0 Å². The molecular weight excluding hydrogens is 232 g/mol. The molecule has 0 heterocycles. The Balaban J connectivity index is 3.05. The molecule has 0 radical (unpaired) electrons. The smallest absolute Gasteiger partial charge is 0.339 e. The molecule has 7 heteroatoms. The van der Waals surface area contributed by atoms with Crippen molar-refractivity contribution < 1.29 is 17.9 Å². The molecule has 3 N–H and O–H groups in total. The number of hydrogen-bond acceptors (Lipinski definition) is 5. The number of nitrogens with two attached hydrogens (primary N) is 1. The van der Waals surface area contributed by atoms with Gasteiger partial charge in [0, 0.05) is 5.69 Å². The lowest BCUT2D eigenvalue weighted by atomic mass is 10.1. The highest BCUT2D eigenvalue weighted by Gasteiger charge is 2.11. The molecule has 0 saturated carbocycles. The van der Waals surface area contributed by atoms with Crippen LogP contribution in [0, 0.1) is 0 Å². The van der Waals surface area contributed by atoms with E-state index in [2.05, 4.69) is 9.46 Å². The molecule has 6 nitrogen and oxygen atoms in total. The van der Waals surface area contributed by atoms with Gasteiger partial charge in [-0.15, -0.1) is 0 Å². The van der Waals surface area contributed by atoms with Crippen LogP contribution in [0.4, 0.5) is 11.4 Å². The number of carbonyl (C=O) groups is 1. The maximum atomic E-state index is 11.2. The highest BCUT2D eigenvalue weighted by molar-refractivity contribution is 7.92. The van der Waals surface area contributed by atoms with Crippen LogP contribution in [0.15, 0.2) is 18.2 Å². The van der Waals surface area contributed by atoms with Crippen LogP contribution < -0.4 is 10.5 Å². The van der Waals surface area contributed by atoms with Crippen LogP contribution in [-0.2, 0) is 14.8 Å². The molecule has 1 rings (SSSR count). The number of esters is 1. The number of rotatable bonds is 3. The molecule has 0 spiro atoms. The first-order valence-electron chi connectivity index (χ1n) is 4.29. The zero-order chi connectivity index (χ0) is 12.3. The first-order valence-corrected chi connectivity index (χ1v) is 6.18. The summed E-state index contributed by atoms with van der Waals surface area (Å²) in [5.41, 5.74) is 6.23. The third kappa shape index (κ3) is 3.13. The van der Waals surface area contributed by atoms with E-state index in [1.54, 1.807) is 0 Å². The minimum atomic E-state index is -3.35. The van der Waals surface area contributed by atoms with Gasteiger partial charge >= 0.3 is 5.97 Å². The van der Waals surface area contributed by atoms with E-state index in [0.29, 0.717) is 5.69 Å². The Labute approximate surface area is 93.5 Å². The number of anilines is 2. The molecule has 0 aromatic heterocycles. The van der Waals surface area contributed by atoms with Gasteiger partial charge in [0.15, 0.2) is 0 Å². The minimum Gasteiger partial charge on any atom is -0.465 e. The predicted octanol–water partition coefficient (Wildman–Crippen LogP) is 0.427. The largest absolute Gasteiger partial charge is 0.465 e. The van der Waals surface area contributed by atoms with Gasteiger partial charge in [-0.25, -0.2) is 13.2 Å². The molecule has 1 aromatic rings. The van der Waals surface area contributed by atoms with E-state index in [1.807, 2.05) is 0 Å². The number of sulfonamides is 1. The molecule has 16 heavy (non-hydrogen) atoms. The van der Waals surface area contributed by atoms with Crippen LogP contribution in [0.5, 0.6) is 0 Å². The Kier molecular flexibility index (Phi) is 3.38. The van der Waals surface area contributed by atoms with Crippen molar-refractivity contribution in [1.82, 2.24) is 0 Å². The standard InChI is InChI=1S/C9H12N2O4S/c1-15-9(12)7-4-3-6(5-8(7)10)11-16(2,13)14/h3-5,11H,10H2,1-2H3. The highest BCUT2D eigenvalue weighted by Crippen LogP contribution is 2.19. The van der Waals surface area contributed by atoms with Gasteiger partial charge in [0.05, 0.1) is 24.6 Å². The maximum Gasteiger partial charge on any atom is 0.339 e. The van der Waals surface area contributed by atoms with Gasteiger partial charge in [-0.05, 0) is 18.2 Å². The molecule has 0 unspecified atom stereocenters. The fourth-order valence-electron chi connectivity index (χ4n) is 1.14. The zero-order valence-corrected chi connectivity index (χ0v) is 9.67. The summed E-state index contributed by atoms with van der Waals surface area (Å²) < 4.78 is 28.6. The van der Waals surface area contributed by atoms with Gasteiger partial charge in [0.25, 0.3) is 0 Å². The number of nitrogens with one attached hydrogen (secondary N) is 1. The third-order valence-electron chi connectivity index (χ3n) is 1.76. The zero-order valence-electron chi connectivity index (χ0n) is 8.85. The van der Waals surface area contributed by atoms with Crippen molar-refractivity contribution in [2.24, 2.45) is 0 Å². The minimum absolute atomic E-state index is 0.153. The molecular formula is C9H12N2O4S. The van der Waals surface area contributed by atoms with Gasteiger partial charge in [0.2, 0.25) is 10.0 Å². The second-order valence-corrected chi connectivity index (χ2v) is 4.92. The molecule has 0 amide bonds. The van der Waals surface area contributed by atoms with E-state index in [0.717, 1.165) is 6.26 Å². The van der Waals surface area contributed by atoms with Crippen molar-refractivity contribution in [2.45, 2.75) is 0 Å². The average Bonchev–Trinajstić information content (AvgIpc) is 2.14. The summed E-state index contributed by atoms with van der Waals surface area (Å²) in [6, 6.07) is 4.19. The molecule has 0 fully saturated rings. The molecule has 0 saturated heterocycles. The van der Waals surface area contributed by atoms with Crippen LogP contribution in [0.3, 0.4) is 0 Å². The molecule has 0 aliphatic rings. The second kappa shape index (κ2) is 4.40. The lowest BCUT2D eigenvalue weighted by Crippen LogP contribution is -2.11. The number of carbonyl (C=O) groups excluding carboxylic acids is 1. The first kappa shape index (κ1) is 12.3. The Morgan fingerprint density at radius 3 is 2.50 bits per heavy atom. The number of methoxy groups -OCH3 is 1. The number of hydrogen-bond donors (Lipinski definition) is 2. The van der Waals surface area contributed by atoms with E-state index in [1.165, 1.54) is 25.3 Å². The summed E-state index contributed by atoms with van der Waals surface area (Å²) >= 11 is 0. The van der Waals surface area contributed by atoms with Gasteiger partial charge in [-0.1, -0.05) is 0 Å². The summed E-state index contributed by atoms with van der Waals surface area (Å²) in [7, 11) is -2.11. The van der Waals surface area contributed by atoms with Crippen LogP contribution in [0.1, 0.15) is 10.4 Å². The number of nitrogen functional groups attached to an aromatic ring is 1. The van der Waals surface area contributed by atoms with E-state index in [-0.39, 0.29) is 11.3 Å². The second-order valence-electron chi connectivity index (χ2n) is 3.17. The van der Waals surface area contributed by atoms with Crippen molar-refractivity contribution in [3.8, 4) is 0 Å². The lowest BCUT2D eigenvalue weighted by molar-refractivity contribution is 0.0602. The van der Waals surface area contributed by atoms with E-state index < -0.39 is 16.0 Å². The van der Waals surface area contributed by atoms with Crippen molar-refractivity contribution in [2.75, 3.05) is 23.8 Å². The van der Waals surface area contributed by atoms with Crippen molar-refractivity contribution >= 4 is 27.4 Å². The summed E-state index contributed by atoms with van der Waals surface area (Å²) in [5.74, 6) is -0.566. The van der Waals surface area contributed by atoms with E-state index in [4.69, 9.17) is 5.73 Å². The predicted molar refractivity (Wildman–Crippen MR) is 60.7 cm³/mol.